The average Bonchev–Trinajstić information content (AvgIpc) is 3.19. The number of ether oxygens (including phenoxy) is 2. The molecular formula is C19H24N2O5S. The second kappa shape index (κ2) is 10.1. The van der Waals surface area contributed by atoms with Crippen LogP contribution in [-0.2, 0) is 4.74 Å². The van der Waals surface area contributed by atoms with Crippen LogP contribution in [0.3, 0.4) is 0 Å². The van der Waals surface area contributed by atoms with Crippen molar-refractivity contribution in [3.8, 4) is 5.75 Å². The summed E-state index contributed by atoms with van der Waals surface area (Å²) in [5, 5.41) is 17.6. The molecule has 2 aromatic rings. The van der Waals surface area contributed by atoms with E-state index >= 15 is 0 Å². The standard InChI is InChI=1S/C19H24N2O5S/c1-12(2)20-10-14(22)11-26-16-7-6-13(9-15(16)19(24)25-3)21-18(23)17-5-4-8-27-17/h4-9,12,14,20,22H,10-11H2,1-3H3,(H,21,23). The Labute approximate surface area is 162 Å². The lowest BCUT2D eigenvalue weighted by molar-refractivity contribution is 0.0588. The molecule has 0 fully saturated rings. The third-order valence-electron chi connectivity index (χ3n) is 3.58. The fraction of sp³-hybridized carbons (Fsp3) is 0.368. The van der Waals surface area contributed by atoms with E-state index in [1.54, 1.807) is 24.3 Å². The van der Waals surface area contributed by atoms with Gasteiger partial charge >= 0.3 is 5.97 Å². The van der Waals surface area contributed by atoms with Gasteiger partial charge in [-0.3, -0.25) is 4.79 Å². The molecule has 0 aliphatic carbocycles. The molecule has 2 rings (SSSR count). The summed E-state index contributed by atoms with van der Waals surface area (Å²) in [7, 11) is 1.27. The highest BCUT2D eigenvalue weighted by atomic mass is 32.1. The third-order valence-corrected chi connectivity index (χ3v) is 4.45. The summed E-state index contributed by atoms with van der Waals surface area (Å²) in [6.45, 7) is 4.35. The summed E-state index contributed by atoms with van der Waals surface area (Å²) in [6, 6.07) is 8.44. The van der Waals surface area contributed by atoms with Crippen molar-refractivity contribution in [3.63, 3.8) is 0 Å². The third kappa shape index (κ3) is 6.35. The molecule has 0 saturated heterocycles. The van der Waals surface area contributed by atoms with E-state index < -0.39 is 12.1 Å². The average molecular weight is 392 g/mol. The molecule has 1 unspecified atom stereocenters. The molecule has 7 nitrogen and oxygen atoms in total. The van der Waals surface area contributed by atoms with E-state index in [0.29, 0.717) is 17.1 Å². The number of aliphatic hydroxyl groups is 1. The van der Waals surface area contributed by atoms with Gasteiger partial charge in [-0.2, -0.15) is 0 Å². The molecule has 0 spiro atoms. The SMILES string of the molecule is COC(=O)c1cc(NC(=O)c2cccs2)ccc1OCC(O)CNC(C)C. The minimum absolute atomic E-state index is 0.0185. The quantitative estimate of drug-likeness (QED) is 0.568. The lowest BCUT2D eigenvalue weighted by Crippen LogP contribution is -2.35. The fourth-order valence-electron chi connectivity index (χ4n) is 2.22. The van der Waals surface area contributed by atoms with Gasteiger partial charge in [0.05, 0.1) is 12.0 Å². The largest absolute Gasteiger partial charge is 0.490 e. The number of hydrogen-bond acceptors (Lipinski definition) is 7. The van der Waals surface area contributed by atoms with Crippen molar-refractivity contribution < 1.29 is 24.2 Å². The maximum absolute atomic E-state index is 12.2. The van der Waals surface area contributed by atoms with Crippen molar-refractivity contribution in [2.24, 2.45) is 0 Å². The van der Waals surface area contributed by atoms with Gasteiger partial charge in [-0.25, -0.2) is 4.79 Å². The van der Waals surface area contributed by atoms with Crippen LogP contribution in [-0.4, -0.2) is 49.4 Å². The second-order valence-corrected chi connectivity index (χ2v) is 7.11. The van der Waals surface area contributed by atoms with Crippen LogP contribution in [0, 0.1) is 0 Å². The Morgan fingerprint density at radius 2 is 2.04 bits per heavy atom. The highest BCUT2D eigenvalue weighted by Gasteiger charge is 2.17. The van der Waals surface area contributed by atoms with Crippen LogP contribution in [0.5, 0.6) is 5.75 Å². The molecule has 0 bridgehead atoms. The maximum atomic E-state index is 12.2. The van der Waals surface area contributed by atoms with Crippen LogP contribution in [0.4, 0.5) is 5.69 Å². The Morgan fingerprint density at radius 1 is 1.26 bits per heavy atom. The number of rotatable bonds is 9. The predicted octanol–water partition coefficient (Wildman–Crippen LogP) is 2.52. The summed E-state index contributed by atoms with van der Waals surface area (Å²) >= 11 is 1.32. The zero-order chi connectivity index (χ0) is 19.8. The highest BCUT2D eigenvalue weighted by Crippen LogP contribution is 2.25. The van der Waals surface area contributed by atoms with E-state index in [2.05, 4.69) is 10.6 Å². The van der Waals surface area contributed by atoms with E-state index in [4.69, 9.17) is 9.47 Å². The van der Waals surface area contributed by atoms with Gasteiger partial charge in [0.2, 0.25) is 0 Å². The van der Waals surface area contributed by atoms with E-state index in [0.717, 1.165) is 0 Å². The molecule has 1 amide bonds. The van der Waals surface area contributed by atoms with Crippen molar-refractivity contribution in [2.45, 2.75) is 26.0 Å². The minimum Gasteiger partial charge on any atom is -0.490 e. The highest BCUT2D eigenvalue weighted by molar-refractivity contribution is 7.12. The van der Waals surface area contributed by atoms with Gasteiger partial charge in [0.1, 0.15) is 24.0 Å². The van der Waals surface area contributed by atoms with Gasteiger partial charge in [-0.1, -0.05) is 19.9 Å². The van der Waals surface area contributed by atoms with Crippen LogP contribution in [0.25, 0.3) is 0 Å². The van der Waals surface area contributed by atoms with Gasteiger partial charge in [0.25, 0.3) is 5.91 Å². The number of esters is 1. The van der Waals surface area contributed by atoms with Gasteiger partial charge in [-0.15, -0.1) is 11.3 Å². The molecule has 3 N–H and O–H groups in total. The van der Waals surface area contributed by atoms with Gasteiger partial charge in [0, 0.05) is 18.3 Å². The zero-order valence-electron chi connectivity index (χ0n) is 15.5. The lowest BCUT2D eigenvalue weighted by Gasteiger charge is -2.17. The number of methoxy groups -OCH3 is 1. The van der Waals surface area contributed by atoms with Crippen LogP contribution in [0.2, 0.25) is 0 Å². The first-order valence-electron chi connectivity index (χ1n) is 8.52. The molecule has 0 saturated carbocycles. The molecule has 8 heteroatoms. The van der Waals surface area contributed by atoms with Crippen molar-refractivity contribution >= 4 is 28.9 Å². The number of nitrogens with one attached hydrogen (secondary N) is 2. The zero-order valence-corrected chi connectivity index (χ0v) is 16.3. The monoisotopic (exact) mass is 392 g/mol. The van der Waals surface area contributed by atoms with Crippen molar-refractivity contribution in [1.82, 2.24) is 5.32 Å². The normalized spacial score (nSPS) is 11.9. The Hall–Kier alpha value is -2.42. The molecule has 146 valence electrons. The summed E-state index contributed by atoms with van der Waals surface area (Å²) in [5.41, 5.74) is 0.619. The maximum Gasteiger partial charge on any atom is 0.341 e. The molecule has 0 aliphatic heterocycles. The Kier molecular flexibility index (Phi) is 7.78. The number of aliphatic hydroxyl groups excluding tert-OH is 1. The number of carbonyl (C=O) groups excluding carboxylic acids is 2. The van der Waals surface area contributed by atoms with Gasteiger partial charge in [0.15, 0.2) is 0 Å². The number of hydrogen-bond donors (Lipinski definition) is 3. The number of benzene rings is 1. The predicted molar refractivity (Wildman–Crippen MR) is 105 cm³/mol. The summed E-state index contributed by atoms with van der Waals surface area (Å²) in [4.78, 5) is 24.8. The van der Waals surface area contributed by atoms with Crippen LogP contribution >= 0.6 is 11.3 Å². The molecule has 1 aromatic heterocycles. The van der Waals surface area contributed by atoms with Crippen molar-refractivity contribution in [2.75, 3.05) is 25.6 Å². The summed E-state index contributed by atoms with van der Waals surface area (Å²) in [5.74, 6) is -0.573. The summed E-state index contributed by atoms with van der Waals surface area (Å²) < 4.78 is 10.4. The van der Waals surface area contributed by atoms with Crippen LogP contribution in [0.1, 0.15) is 33.9 Å². The Bertz CT molecular complexity index is 761. The van der Waals surface area contributed by atoms with Gasteiger partial charge < -0.3 is 25.2 Å². The first kappa shape index (κ1) is 20.9. The number of carbonyl (C=O) groups is 2. The van der Waals surface area contributed by atoms with Crippen molar-refractivity contribution in [3.05, 3.63) is 46.2 Å². The molecular weight excluding hydrogens is 368 g/mol. The van der Waals surface area contributed by atoms with Crippen molar-refractivity contribution in [1.29, 1.82) is 0 Å². The van der Waals surface area contributed by atoms with E-state index in [1.165, 1.54) is 24.5 Å². The first-order valence-corrected chi connectivity index (χ1v) is 9.40. The fourth-order valence-corrected chi connectivity index (χ4v) is 2.84. The molecule has 0 aliphatic rings. The molecule has 1 heterocycles. The molecule has 0 radical (unpaired) electrons. The molecule has 1 atom stereocenters. The molecule has 1 aromatic carbocycles. The van der Waals surface area contributed by atoms with Crippen LogP contribution in [0.15, 0.2) is 35.7 Å². The number of thiophene rings is 1. The molecule has 27 heavy (non-hydrogen) atoms. The number of anilines is 1. The van der Waals surface area contributed by atoms with E-state index in [1.807, 2.05) is 19.2 Å². The Balaban J connectivity index is 2.08. The van der Waals surface area contributed by atoms with E-state index in [9.17, 15) is 14.7 Å². The minimum atomic E-state index is -0.726. The van der Waals surface area contributed by atoms with Gasteiger partial charge in [-0.05, 0) is 29.6 Å². The first-order chi connectivity index (χ1) is 12.9. The summed E-state index contributed by atoms with van der Waals surface area (Å²) in [6.07, 6.45) is -0.726. The topological polar surface area (TPSA) is 96.9 Å². The lowest BCUT2D eigenvalue weighted by atomic mass is 10.1. The smallest absolute Gasteiger partial charge is 0.341 e. The number of amides is 1. The second-order valence-electron chi connectivity index (χ2n) is 6.16. The Morgan fingerprint density at radius 3 is 2.67 bits per heavy atom. The van der Waals surface area contributed by atoms with E-state index in [-0.39, 0.29) is 29.9 Å². The van der Waals surface area contributed by atoms with Crippen LogP contribution < -0.4 is 15.4 Å².